The van der Waals surface area contributed by atoms with E-state index in [0.29, 0.717) is 24.6 Å². The van der Waals surface area contributed by atoms with Crippen LogP contribution in [0.15, 0.2) is 23.1 Å². The lowest BCUT2D eigenvalue weighted by molar-refractivity contribution is 0.129. The number of nitrogens with zero attached hydrogens (tertiary/aromatic N) is 1. The summed E-state index contributed by atoms with van der Waals surface area (Å²) in [6, 6.07) is 4.84. The van der Waals surface area contributed by atoms with Crippen molar-refractivity contribution in [2.75, 3.05) is 12.9 Å². The zero-order chi connectivity index (χ0) is 12.5. The van der Waals surface area contributed by atoms with Gasteiger partial charge < -0.3 is 9.72 Å². The lowest BCUT2D eigenvalue weighted by Crippen LogP contribution is -1.96. The molecule has 0 aliphatic heterocycles. The SMILES string of the molecule is CCOCc1nc2ccc(S(C)(=O)=O)cc2[nH]1. The smallest absolute Gasteiger partial charge is 0.175 e. The van der Waals surface area contributed by atoms with Gasteiger partial charge >= 0.3 is 0 Å². The van der Waals surface area contributed by atoms with Gasteiger partial charge in [0.05, 0.1) is 15.9 Å². The molecule has 0 radical (unpaired) electrons. The first-order chi connectivity index (χ1) is 8.00. The van der Waals surface area contributed by atoms with E-state index >= 15 is 0 Å². The van der Waals surface area contributed by atoms with E-state index in [0.717, 1.165) is 5.52 Å². The monoisotopic (exact) mass is 254 g/mol. The summed E-state index contributed by atoms with van der Waals surface area (Å²) >= 11 is 0. The summed E-state index contributed by atoms with van der Waals surface area (Å²) < 4.78 is 28.0. The molecule has 0 amide bonds. The van der Waals surface area contributed by atoms with Crippen LogP contribution in [0.3, 0.4) is 0 Å². The summed E-state index contributed by atoms with van der Waals surface area (Å²) in [7, 11) is -3.18. The minimum absolute atomic E-state index is 0.289. The molecule has 0 aliphatic rings. The largest absolute Gasteiger partial charge is 0.374 e. The summed E-state index contributed by atoms with van der Waals surface area (Å²) in [5.41, 5.74) is 1.45. The molecule has 92 valence electrons. The van der Waals surface area contributed by atoms with Crippen LogP contribution in [0, 0.1) is 0 Å². The van der Waals surface area contributed by atoms with Crippen molar-refractivity contribution in [1.82, 2.24) is 9.97 Å². The Kier molecular flexibility index (Phi) is 3.17. The first kappa shape index (κ1) is 12.1. The third-order valence-electron chi connectivity index (χ3n) is 2.37. The van der Waals surface area contributed by atoms with E-state index < -0.39 is 9.84 Å². The molecule has 0 saturated carbocycles. The second-order valence-electron chi connectivity index (χ2n) is 3.77. The van der Waals surface area contributed by atoms with Gasteiger partial charge in [-0.1, -0.05) is 0 Å². The van der Waals surface area contributed by atoms with Crippen molar-refractivity contribution in [3.63, 3.8) is 0 Å². The molecule has 5 nitrogen and oxygen atoms in total. The minimum Gasteiger partial charge on any atom is -0.374 e. The molecular weight excluding hydrogens is 240 g/mol. The van der Waals surface area contributed by atoms with Crippen molar-refractivity contribution in [2.24, 2.45) is 0 Å². The highest BCUT2D eigenvalue weighted by atomic mass is 32.2. The molecule has 0 atom stereocenters. The van der Waals surface area contributed by atoms with Gasteiger partial charge in [-0.3, -0.25) is 0 Å². The van der Waals surface area contributed by atoms with E-state index in [9.17, 15) is 8.42 Å². The first-order valence-corrected chi connectivity index (χ1v) is 7.16. The number of fused-ring (bicyclic) bond motifs is 1. The predicted octanol–water partition coefficient (Wildman–Crippen LogP) is 1.50. The Morgan fingerprint density at radius 2 is 2.18 bits per heavy atom. The lowest BCUT2D eigenvalue weighted by Gasteiger charge is -1.96. The number of ether oxygens (including phenoxy) is 1. The highest BCUT2D eigenvalue weighted by Crippen LogP contribution is 2.17. The van der Waals surface area contributed by atoms with Crippen LogP contribution in [0.4, 0.5) is 0 Å². The molecule has 1 aromatic carbocycles. The number of imidazole rings is 1. The Bertz CT molecular complexity index is 631. The van der Waals surface area contributed by atoms with Gasteiger partial charge in [0.15, 0.2) is 9.84 Å². The normalized spacial score (nSPS) is 12.1. The molecule has 1 N–H and O–H groups in total. The number of aromatic nitrogens is 2. The van der Waals surface area contributed by atoms with Crippen LogP contribution in [0.25, 0.3) is 11.0 Å². The predicted molar refractivity (Wildman–Crippen MR) is 64.5 cm³/mol. The number of sulfone groups is 1. The number of hydrogen-bond acceptors (Lipinski definition) is 4. The summed E-state index contributed by atoms with van der Waals surface area (Å²) in [6.45, 7) is 2.93. The highest BCUT2D eigenvalue weighted by Gasteiger charge is 2.09. The summed E-state index contributed by atoms with van der Waals surface area (Å²) in [6.07, 6.45) is 1.19. The average Bonchev–Trinajstić information content (AvgIpc) is 2.66. The van der Waals surface area contributed by atoms with Crippen LogP contribution in [0.2, 0.25) is 0 Å². The van der Waals surface area contributed by atoms with E-state index in [1.54, 1.807) is 18.2 Å². The van der Waals surface area contributed by atoms with E-state index in [4.69, 9.17) is 4.74 Å². The summed E-state index contributed by atoms with van der Waals surface area (Å²) in [5, 5.41) is 0. The van der Waals surface area contributed by atoms with E-state index in [1.807, 2.05) is 6.92 Å². The van der Waals surface area contributed by atoms with E-state index in [1.165, 1.54) is 6.26 Å². The molecule has 1 heterocycles. The zero-order valence-electron chi connectivity index (χ0n) is 9.73. The zero-order valence-corrected chi connectivity index (χ0v) is 10.5. The molecule has 2 aromatic rings. The quantitative estimate of drug-likeness (QED) is 0.897. The molecule has 2 rings (SSSR count). The van der Waals surface area contributed by atoms with Crippen molar-refractivity contribution in [3.8, 4) is 0 Å². The van der Waals surface area contributed by atoms with Gasteiger partial charge in [0.2, 0.25) is 0 Å². The van der Waals surface area contributed by atoms with Gasteiger partial charge in [-0.2, -0.15) is 0 Å². The Morgan fingerprint density at radius 3 is 2.82 bits per heavy atom. The van der Waals surface area contributed by atoms with Crippen molar-refractivity contribution >= 4 is 20.9 Å². The fraction of sp³-hybridized carbons (Fsp3) is 0.364. The second kappa shape index (κ2) is 4.46. The second-order valence-corrected chi connectivity index (χ2v) is 5.79. The topological polar surface area (TPSA) is 72.0 Å². The Morgan fingerprint density at radius 1 is 1.41 bits per heavy atom. The van der Waals surface area contributed by atoms with Gasteiger partial charge in [0.1, 0.15) is 12.4 Å². The first-order valence-electron chi connectivity index (χ1n) is 5.27. The minimum atomic E-state index is -3.18. The Hall–Kier alpha value is -1.40. The van der Waals surface area contributed by atoms with Crippen molar-refractivity contribution < 1.29 is 13.2 Å². The molecule has 6 heteroatoms. The van der Waals surface area contributed by atoms with Crippen LogP contribution < -0.4 is 0 Å². The van der Waals surface area contributed by atoms with E-state index in [-0.39, 0.29) is 4.90 Å². The van der Waals surface area contributed by atoms with Gasteiger partial charge in [-0.15, -0.1) is 0 Å². The molecule has 1 aromatic heterocycles. The standard InChI is InChI=1S/C11H14N2O3S/c1-3-16-7-11-12-9-5-4-8(17(2,14)15)6-10(9)13-11/h4-6H,3,7H2,1-2H3,(H,12,13). The van der Waals surface area contributed by atoms with Crippen LogP contribution >= 0.6 is 0 Å². The van der Waals surface area contributed by atoms with Gasteiger partial charge in [0, 0.05) is 12.9 Å². The maximum Gasteiger partial charge on any atom is 0.175 e. The van der Waals surface area contributed by atoms with Gasteiger partial charge in [-0.25, -0.2) is 13.4 Å². The fourth-order valence-electron chi connectivity index (χ4n) is 1.54. The van der Waals surface area contributed by atoms with Gasteiger partial charge in [0.25, 0.3) is 0 Å². The van der Waals surface area contributed by atoms with Gasteiger partial charge in [-0.05, 0) is 25.1 Å². The molecule has 0 fully saturated rings. The van der Waals surface area contributed by atoms with Crippen molar-refractivity contribution in [1.29, 1.82) is 0 Å². The molecule has 0 bridgehead atoms. The molecule has 0 saturated heterocycles. The van der Waals surface area contributed by atoms with Crippen molar-refractivity contribution in [2.45, 2.75) is 18.4 Å². The molecular formula is C11H14N2O3S. The molecule has 0 aliphatic carbocycles. The molecule has 0 unspecified atom stereocenters. The number of nitrogens with one attached hydrogen (secondary N) is 1. The van der Waals surface area contributed by atoms with Crippen molar-refractivity contribution in [3.05, 3.63) is 24.0 Å². The highest BCUT2D eigenvalue weighted by molar-refractivity contribution is 7.90. The third kappa shape index (κ3) is 2.65. The average molecular weight is 254 g/mol. The number of rotatable bonds is 4. The maximum absolute atomic E-state index is 11.4. The fourth-order valence-corrected chi connectivity index (χ4v) is 2.19. The third-order valence-corrected chi connectivity index (χ3v) is 3.48. The number of aromatic amines is 1. The number of H-pyrrole nitrogens is 1. The molecule has 0 spiro atoms. The Labute approximate surface area is 99.7 Å². The summed E-state index contributed by atoms with van der Waals surface area (Å²) in [5.74, 6) is 0.701. The number of benzene rings is 1. The van der Waals surface area contributed by atoms with Crippen LogP contribution in [0.5, 0.6) is 0 Å². The van der Waals surface area contributed by atoms with Crippen LogP contribution in [0.1, 0.15) is 12.7 Å². The number of hydrogen-bond donors (Lipinski definition) is 1. The van der Waals surface area contributed by atoms with E-state index in [2.05, 4.69) is 9.97 Å². The lowest BCUT2D eigenvalue weighted by atomic mass is 10.3. The maximum atomic E-state index is 11.4. The van der Waals surface area contributed by atoms with Crippen LogP contribution in [-0.4, -0.2) is 31.2 Å². The molecule has 17 heavy (non-hydrogen) atoms. The summed E-state index contributed by atoms with van der Waals surface area (Å²) in [4.78, 5) is 7.63. The van der Waals surface area contributed by atoms with Crippen LogP contribution in [-0.2, 0) is 21.2 Å². The Balaban J connectivity index is 2.41.